The number of rotatable bonds is 5. The highest BCUT2D eigenvalue weighted by Crippen LogP contribution is 2.28. The van der Waals surface area contributed by atoms with Crippen LogP contribution in [0.25, 0.3) is 0 Å². The van der Waals surface area contributed by atoms with E-state index in [4.69, 9.17) is 4.52 Å². The number of hydrogen-bond acceptors (Lipinski definition) is 4. The van der Waals surface area contributed by atoms with Gasteiger partial charge in [0.15, 0.2) is 0 Å². The van der Waals surface area contributed by atoms with Crippen LogP contribution in [0.3, 0.4) is 0 Å². The lowest BCUT2D eigenvalue weighted by molar-refractivity contribution is -0.137. The zero-order chi connectivity index (χ0) is 15.4. The van der Waals surface area contributed by atoms with Crippen LogP contribution in [0.5, 0.6) is 0 Å². The molecule has 1 aromatic heterocycles. The van der Waals surface area contributed by atoms with Crippen LogP contribution in [0.4, 0.5) is 0 Å². The van der Waals surface area contributed by atoms with Crippen LogP contribution >= 0.6 is 0 Å². The molecule has 1 aliphatic rings. The summed E-state index contributed by atoms with van der Waals surface area (Å²) < 4.78 is 5.01. The third-order valence-electron chi connectivity index (χ3n) is 3.95. The van der Waals surface area contributed by atoms with Crippen molar-refractivity contribution in [3.8, 4) is 0 Å². The van der Waals surface area contributed by atoms with Gasteiger partial charge in [0.2, 0.25) is 11.8 Å². The Labute approximate surface area is 124 Å². The fraction of sp³-hybridized carbons (Fsp3) is 0.667. The zero-order valence-electron chi connectivity index (χ0n) is 12.9. The molecule has 1 fully saturated rings. The predicted octanol–water partition coefficient (Wildman–Crippen LogP) is 1.64. The van der Waals surface area contributed by atoms with Crippen molar-refractivity contribution >= 4 is 11.8 Å². The molecule has 0 radical (unpaired) electrons. The first-order valence-electron chi connectivity index (χ1n) is 7.41. The van der Waals surface area contributed by atoms with Crippen LogP contribution in [0, 0.1) is 12.8 Å². The molecule has 0 unspecified atom stereocenters. The number of carbonyl (C=O) groups excluding carboxylic acids is 2. The molecule has 2 rings (SSSR count). The number of hydrogen-bond donors (Lipinski definition) is 1. The van der Waals surface area contributed by atoms with Crippen LogP contribution < -0.4 is 5.32 Å². The molecule has 2 amide bonds. The minimum absolute atomic E-state index is 0.0576. The minimum atomic E-state index is -0.428. The second kappa shape index (κ2) is 6.74. The Morgan fingerprint density at radius 2 is 2.14 bits per heavy atom. The molecule has 116 valence electrons. The average molecular weight is 293 g/mol. The maximum atomic E-state index is 12.6. The second-order valence-electron chi connectivity index (χ2n) is 5.85. The molecule has 1 aromatic rings. The summed E-state index contributed by atoms with van der Waals surface area (Å²) in [5.41, 5.74) is 0.719. The smallest absolute Gasteiger partial charge is 0.245 e. The molecule has 0 aromatic carbocycles. The summed E-state index contributed by atoms with van der Waals surface area (Å²) in [5, 5.41) is 6.72. The van der Waals surface area contributed by atoms with E-state index in [2.05, 4.69) is 10.5 Å². The minimum Gasteiger partial charge on any atom is -0.361 e. The first-order chi connectivity index (χ1) is 9.97. The van der Waals surface area contributed by atoms with Gasteiger partial charge >= 0.3 is 0 Å². The molecule has 0 saturated heterocycles. The molecule has 6 heteroatoms. The van der Waals surface area contributed by atoms with Gasteiger partial charge in [0.1, 0.15) is 17.5 Å². The Morgan fingerprint density at radius 3 is 2.67 bits per heavy atom. The third-order valence-corrected chi connectivity index (χ3v) is 3.95. The average Bonchev–Trinajstić information content (AvgIpc) is 3.06. The van der Waals surface area contributed by atoms with Gasteiger partial charge in [0.05, 0.1) is 6.54 Å². The fourth-order valence-electron chi connectivity index (χ4n) is 2.94. The number of nitrogens with one attached hydrogen (secondary N) is 1. The van der Waals surface area contributed by atoms with Gasteiger partial charge < -0.3 is 14.7 Å². The van der Waals surface area contributed by atoms with Gasteiger partial charge in [-0.2, -0.15) is 0 Å². The van der Waals surface area contributed by atoms with E-state index in [9.17, 15) is 9.59 Å². The Morgan fingerprint density at radius 1 is 1.48 bits per heavy atom. The predicted molar refractivity (Wildman–Crippen MR) is 77.3 cm³/mol. The van der Waals surface area contributed by atoms with Crippen LogP contribution in [-0.4, -0.2) is 35.0 Å². The van der Waals surface area contributed by atoms with E-state index in [0.717, 1.165) is 37.1 Å². The van der Waals surface area contributed by atoms with Gasteiger partial charge in [0.25, 0.3) is 0 Å². The Bertz CT molecular complexity index is 506. The first-order valence-corrected chi connectivity index (χ1v) is 7.41. The lowest BCUT2D eigenvalue weighted by atomic mass is 9.96. The van der Waals surface area contributed by atoms with Crippen LogP contribution in [0.15, 0.2) is 10.6 Å². The highest BCUT2D eigenvalue weighted by atomic mass is 16.5. The van der Waals surface area contributed by atoms with Crippen LogP contribution in [0.1, 0.15) is 44.1 Å². The van der Waals surface area contributed by atoms with Crippen molar-refractivity contribution < 1.29 is 14.1 Å². The molecule has 0 aliphatic heterocycles. The van der Waals surface area contributed by atoms with E-state index in [-0.39, 0.29) is 17.7 Å². The molecule has 1 aliphatic carbocycles. The number of aromatic nitrogens is 1. The molecule has 1 saturated carbocycles. The summed E-state index contributed by atoms with van der Waals surface area (Å²) in [4.78, 5) is 25.6. The SMILES string of the molecule is CC(=O)N[C@H](C(=O)N(C)Cc1cc(C)on1)C1CCCC1. The molecular formula is C15H23N3O3. The lowest BCUT2D eigenvalue weighted by Crippen LogP contribution is -2.50. The zero-order valence-corrected chi connectivity index (χ0v) is 12.9. The molecule has 0 spiro atoms. The van der Waals surface area contributed by atoms with E-state index in [0.29, 0.717) is 6.54 Å². The second-order valence-corrected chi connectivity index (χ2v) is 5.85. The van der Waals surface area contributed by atoms with Gasteiger partial charge in [-0.05, 0) is 25.7 Å². The molecule has 0 bridgehead atoms. The fourth-order valence-corrected chi connectivity index (χ4v) is 2.94. The summed E-state index contributed by atoms with van der Waals surface area (Å²) in [6, 6.07) is 1.38. The number of likely N-dealkylation sites (N-methyl/N-ethyl adjacent to an activating group) is 1. The molecular weight excluding hydrogens is 270 g/mol. The molecule has 6 nitrogen and oxygen atoms in total. The number of nitrogens with zero attached hydrogens (tertiary/aromatic N) is 2. The van der Waals surface area contributed by atoms with Gasteiger partial charge in [-0.15, -0.1) is 0 Å². The highest BCUT2D eigenvalue weighted by molar-refractivity contribution is 5.87. The standard InChI is InChI=1S/C15H23N3O3/c1-10-8-13(17-21-10)9-18(3)15(20)14(16-11(2)19)12-6-4-5-7-12/h8,12,14H,4-7,9H2,1-3H3,(H,16,19)/t14-/m0/s1. The van der Waals surface area contributed by atoms with Crippen molar-refractivity contribution in [2.75, 3.05) is 7.05 Å². The van der Waals surface area contributed by atoms with Crippen molar-refractivity contribution in [1.29, 1.82) is 0 Å². The topological polar surface area (TPSA) is 75.4 Å². The molecule has 21 heavy (non-hydrogen) atoms. The summed E-state index contributed by atoms with van der Waals surface area (Å²) in [7, 11) is 1.73. The van der Waals surface area contributed by atoms with Crippen molar-refractivity contribution in [2.24, 2.45) is 5.92 Å². The maximum absolute atomic E-state index is 12.6. The van der Waals surface area contributed by atoms with E-state index in [1.807, 2.05) is 13.0 Å². The van der Waals surface area contributed by atoms with Crippen molar-refractivity contribution in [1.82, 2.24) is 15.4 Å². The molecule has 1 heterocycles. The maximum Gasteiger partial charge on any atom is 0.245 e. The number of aryl methyl sites for hydroxylation is 1. The highest BCUT2D eigenvalue weighted by Gasteiger charge is 2.33. The van der Waals surface area contributed by atoms with Crippen molar-refractivity contribution in [3.63, 3.8) is 0 Å². The normalized spacial score (nSPS) is 16.7. The summed E-state index contributed by atoms with van der Waals surface area (Å²) >= 11 is 0. The van der Waals surface area contributed by atoms with Gasteiger partial charge in [0, 0.05) is 20.0 Å². The van der Waals surface area contributed by atoms with Crippen LogP contribution in [0.2, 0.25) is 0 Å². The van der Waals surface area contributed by atoms with Gasteiger partial charge in [-0.25, -0.2) is 0 Å². The molecule has 1 atom stereocenters. The quantitative estimate of drug-likeness (QED) is 0.895. The molecule has 1 N–H and O–H groups in total. The van der Waals surface area contributed by atoms with E-state index >= 15 is 0 Å². The summed E-state index contributed by atoms with van der Waals surface area (Å²) in [5.74, 6) is 0.742. The third kappa shape index (κ3) is 4.06. The number of amides is 2. The van der Waals surface area contributed by atoms with Crippen molar-refractivity contribution in [3.05, 3.63) is 17.5 Å². The van der Waals surface area contributed by atoms with Crippen molar-refractivity contribution in [2.45, 2.75) is 52.1 Å². The van der Waals surface area contributed by atoms with Gasteiger partial charge in [-0.1, -0.05) is 18.0 Å². The largest absolute Gasteiger partial charge is 0.361 e. The Kier molecular flexibility index (Phi) is 4.98. The van der Waals surface area contributed by atoms with E-state index in [1.54, 1.807) is 11.9 Å². The Balaban J connectivity index is 2.03. The van der Waals surface area contributed by atoms with Crippen LogP contribution in [-0.2, 0) is 16.1 Å². The monoisotopic (exact) mass is 293 g/mol. The summed E-state index contributed by atoms with van der Waals surface area (Å²) in [6.45, 7) is 3.66. The van der Waals surface area contributed by atoms with E-state index < -0.39 is 6.04 Å². The summed E-state index contributed by atoms with van der Waals surface area (Å²) in [6.07, 6.45) is 4.24. The van der Waals surface area contributed by atoms with E-state index in [1.165, 1.54) is 6.92 Å². The first kappa shape index (κ1) is 15.5. The Hall–Kier alpha value is -1.85. The van der Waals surface area contributed by atoms with Gasteiger partial charge in [-0.3, -0.25) is 9.59 Å². The lowest BCUT2D eigenvalue weighted by Gasteiger charge is -2.27. The number of carbonyl (C=O) groups is 2.